The average molecular weight is 236 g/mol. The fourth-order valence-electron chi connectivity index (χ4n) is 1.40. The fourth-order valence-corrected chi connectivity index (χ4v) is 1.40. The minimum absolute atomic E-state index is 0.0295. The van der Waals surface area contributed by atoms with Crippen LogP contribution in [0.4, 0.5) is 5.69 Å². The highest BCUT2D eigenvalue weighted by Gasteiger charge is 2.18. The molecule has 1 aromatic heterocycles. The lowest BCUT2D eigenvalue weighted by atomic mass is 9.91. The Bertz CT molecular complexity index is 540. The largest absolute Gasteiger partial charge is 0.393 e. The van der Waals surface area contributed by atoms with Gasteiger partial charge in [-0.25, -0.2) is 4.79 Å². The monoisotopic (exact) mass is 236 g/mol. The zero-order chi connectivity index (χ0) is 13.2. The molecule has 0 saturated carbocycles. The maximum absolute atomic E-state index is 11.7. The van der Waals surface area contributed by atoms with Gasteiger partial charge in [-0.1, -0.05) is 0 Å². The van der Waals surface area contributed by atoms with Crippen molar-refractivity contribution in [2.24, 2.45) is 12.5 Å². The van der Waals surface area contributed by atoms with Crippen LogP contribution in [0.1, 0.15) is 20.3 Å². The number of hydrogen-bond acceptors (Lipinski definition) is 4. The Balaban J connectivity index is 3.13. The van der Waals surface area contributed by atoms with Gasteiger partial charge in [0.15, 0.2) is 0 Å². The second-order valence-electron chi connectivity index (χ2n) is 4.68. The first-order valence-corrected chi connectivity index (χ1v) is 5.26. The number of anilines is 1. The maximum Gasteiger partial charge on any atom is 0.330 e. The Hall–Kier alpha value is -2.03. The van der Waals surface area contributed by atoms with E-state index in [4.69, 9.17) is 11.0 Å². The third-order valence-corrected chi connectivity index (χ3v) is 2.62. The van der Waals surface area contributed by atoms with Crippen molar-refractivity contribution in [3.8, 4) is 6.07 Å². The molecule has 0 atom stereocenters. The lowest BCUT2D eigenvalue weighted by Crippen LogP contribution is -2.40. The number of nitrogens with two attached hydrogens (primary N) is 1. The van der Waals surface area contributed by atoms with Gasteiger partial charge in [-0.15, -0.1) is 0 Å². The van der Waals surface area contributed by atoms with E-state index in [1.165, 1.54) is 17.8 Å². The second-order valence-corrected chi connectivity index (χ2v) is 4.68. The molecule has 0 aliphatic heterocycles. The maximum atomic E-state index is 11.7. The summed E-state index contributed by atoms with van der Waals surface area (Å²) in [5.74, 6) is 0. The third kappa shape index (κ3) is 2.75. The smallest absolute Gasteiger partial charge is 0.330 e. The standard InChI is InChI=1S/C11H16N4O2/c1-11(2,7-12)4-5-15-9(16)8(13)6-14(3)10(15)17/h6H,4-5,13H2,1-3H3. The van der Waals surface area contributed by atoms with Crippen molar-refractivity contribution in [1.82, 2.24) is 9.13 Å². The molecule has 0 aromatic carbocycles. The van der Waals surface area contributed by atoms with Crippen LogP contribution in [0.25, 0.3) is 0 Å². The predicted molar refractivity (Wildman–Crippen MR) is 64.4 cm³/mol. The SMILES string of the molecule is Cn1cc(N)c(=O)n(CCC(C)(C)C#N)c1=O. The second kappa shape index (κ2) is 4.45. The van der Waals surface area contributed by atoms with E-state index in [0.29, 0.717) is 6.42 Å². The first kappa shape index (κ1) is 13.0. The first-order valence-electron chi connectivity index (χ1n) is 5.26. The molecule has 0 radical (unpaired) electrons. The van der Waals surface area contributed by atoms with E-state index in [0.717, 1.165) is 4.57 Å². The molecule has 0 bridgehead atoms. The average Bonchev–Trinajstić information content (AvgIpc) is 2.26. The zero-order valence-electron chi connectivity index (χ0n) is 10.2. The molecular formula is C11H16N4O2. The molecule has 1 heterocycles. The van der Waals surface area contributed by atoms with Gasteiger partial charge < -0.3 is 10.3 Å². The van der Waals surface area contributed by atoms with Crippen LogP contribution in [-0.2, 0) is 13.6 Å². The summed E-state index contributed by atoms with van der Waals surface area (Å²) in [7, 11) is 1.53. The molecule has 0 fully saturated rings. The molecular weight excluding hydrogens is 220 g/mol. The summed E-state index contributed by atoms with van der Waals surface area (Å²) in [6, 6.07) is 2.12. The molecule has 0 unspecified atom stereocenters. The van der Waals surface area contributed by atoms with Gasteiger partial charge in [-0.05, 0) is 20.3 Å². The molecule has 1 aromatic rings. The van der Waals surface area contributed by atoms with Crippen LogP contribution in [0.3, 0.4) is 0 Å². The number of aromatic nitrogens is 2. The van der Waals surface area contributed by atoms with Crippen molar-refractivity contribution >= 4 is 5.69 Å². The summed E-state index contributed by atoms with van der Waals surface area (Å²) in [4.78, 5) is 23.4. The van der Waals surface area contributed by atoms with E-state index in [-0.39, 0.29) is 12.2 Å². The van der Waals surface area contributed by atoms with E-state index in [1.54, 1.807) is 13.8 Å². The van der Waals surface area contributed by atoms with Gasteiger partial charge in [-0.2, -0.15) is 5.26 Å². The zero-order valence-corrected chi connectivity index (χ0v) is 10.2. The Morgan fingerprint density at radius 3 is 2.59 bits per heavy atom. The summed E-state index contributed by atoms with van der Waals surface area (Å²) in [6.07, 6.45) is 1.72. The predicted octanol–water partition coefficient (Wildman–Crippen LogP) is 0.0691. The van der Waals surface area contributed by atoms with Crippen molar-refractivity contribution in [3.63, 3.8) is 0 Å². The Labute approximate surface area is 98.9 Å². The van der Waals surface area contributed by atoms with Crippen molar-refractivity contribution in [1.29, 1.82) is 5.26 Å². The molecule has 0 aliphatic rings. The number of rotatable bonds is 3. The van der Waals surface area contributed by atoms with Gasteiger partial charge in [0, 0.05) is 19.8 Å². The lowest BCUT2D eigenvalue weighted by molar-refractivity contribution is 0.400. The van der Waals surface area contributed by atoms with E-state index in [9.17, 15) is 9.59 Å². The normalized spacial score (nSPS) is 11.2. The molecule has 6 heteroatoms. The lowest BCUT2D eigenvalue weighted by Gasteiger charge is -2.15. The van der Waals surface area contributed by atoms with Gasteiger partial charge in [0.2, 0.25) is 0 Å². The Morgan fingerprint density at radius 2 is 2.06 bits per heavy atom. The van der Waals surface area contributed by atoms with Crippen LogP contribution in [0, 0.1) is 16.7 Å². The van der Waals surface area contributed by atoms with Crippen molar-refractivity contribution in [3.05, 3.63) is 27.0 Å². The first-order chi connectivity index (χ1) is 7.78. The molecule has 0 spiro atoms. The highest BCUT2D eigenvalue weighted by atomic mass is 16.2. The number of nitrogen functional groups attached to an aromatic ring is 1. The number of aryl methyl sites for hydroxylation is 1. The van der Waals surface area contributed by atoms with Crippen molar-refractivity contribution in [2.45, 2.75) is 26.8 Å². The summed E-state index contributed by atoms with van der Waals surface area (Å²) in [5.41, 5.74) is 4.04. The van der Waals surface area contributed by atoms with Gasteiger partial charge in [-0.3, -0.25) is 9.36 Å². The van der Waals surface area contributed by atoms with Gasteiger partial charge in [0.1, 0.15) is 5.69 Å². The summed E-state index contributed by atoms with van der Waals surface area (Å²) < 4.78 is 2.32. The van der Waals surface area contributed by atoms with Crippen molar-refractivity contribution in [2.75, 3.05) is 5.73 Å². The minimum atomic E-state index is -0.574. The molecule has 1 rings (SSSR count). The summed E-state index contributed by atoms with van der Waals surface area (Å²) in [6.45, 7) is 3.71. The van der Waals surface area contributed by atoms with Crippen LogP contribution < -0.4 is 17.0 Å². The number of nitrogens with zero attached hydrogens (tertiary/aromatic N) is 3. The van der Waals surface area contributed by atoms with Crippen LogP contribution in [0.15, 0.2) is 15.8 Å². The quantitative estimate of drug-likeness (QED) is 0.803. The molecule has 2 N–H and O–H groups in total. The van der Waals surface area contributed by atoms with E-state index < -0.39 is 16.7 Å². The van der Waals surface area contributed by atoms with Gasteiger partial charge >= 0.3 is 5.69 Å². The molecule has 0 aliphatic carbocycles. The van der Waals surface area contributed by atoms with Crippen LogP contribution >= 0.6 is 0 Å². The summed E-state index contributed by atoms with van der Waals surface area (Å²) in [5, 5.41) is 8.87. The van der Waals surface area contributed by atoms with E-state index >= 15 is 0 Å². The van der Waals surface area contributed by atoms with Crippen molar-refractivity contribution < 1.29 is 0 Å². The molecule has 0 saturated heterocycles. The van der Waals surface area contributed by atoms with Crippen LogP contribution in [0.5, 0.6) is 0 Å². The van der Waals surface area contributed by atoms with Gasteiger partial charge in [0.25, 0.3) is 5.56 Å². The highest BCUT2D eigenvalue weighted by molar-refractivity contribution is 5.30. The van der Waals surface area contributed by atoms with E-state index in [1.807, 2.05) is 0 Å². The minimum Gasteiger partial charge on any atom is -0.393 e. The Morgan fingerprint density at radius 1 is 1.47 bits per heavy atom. The number of nitriles is 1. The fraction of sp³-hybridized carbons (Fsp3) is 0.545. The Kier molecular flexibility index (Phi) is 3.42. The molecule has 0 amide bonds. The van der Waals surface area contributed by atoms with E-state index in [2.05, 4.69) is 6.07 Å². The molecule has 92 valence electrons. The molecule has 6 nitrogen and oxygen atoms in total. The highest BCUT2D eigenvalue weighted by Crippen LogP contribution is 2.18. The van der Waals surface area contributed by atoms with Crippen LogP contribution in [-0.4, -0.2) is 9.13 Å². The van der Waals surface area contributed by atoms with Gasteiger partial charge in [0.05, 0.1) is 11.5 Å². The number of hydrogen-bond donors (Lipinski definition) is 1. The summed E-state index contributed by atoms with van der Waals surface area (Å²) >= 11 is 0. The van der Waals surface area contributed by atoms with Crippen LogP contribution in [0.2, 0.25) is 0 Å². The topological polar surface area (TPSA) is 93.8 Å². The third-order valence-electron chi connectivity index (χ3n) is 2.62. The molecule has 17 heavy (non-hydrogen) atoms.